The molecule has 0 radical (unpaired) electrons. The molecule has 1 amide bonds. The molecule has 82 valence electrons. The van der Waals surface area contributed by atoms with Crippen LogP contribution in [0.2, 0.25) is 0 Å². The van der Waals surface area contributed by atoms with Crippen LogP contribution in [0.5, 0.6) is 0 Å². The van der Waals surface area contributed by atoms with Crippen molar-refractivity contribution in [3.63, 3.8) is 0 Å². The van der Waals surface area contributed by atoms with E-state index in [1.54, 1.807) is 0 Å². The van der Waals surface area contributed by atoms with Crippen LogP contribution in [0.3, 0.4) is 0 Å². The maximum Gasteiger partial charge on any atom is 0.298 e. The third kappa shape index (κ3) is 2.00. The van der Waals surface area contributed by atoms with Gasteiger partial charge < -0.3 is 4.90 Å². The summed E-state index contributed by atoms with van der Waals surface area (Å²) in [5.74, 6) is -2.14. The molecule has 1 aliphatic rings. The average molecular weight is 217 g/mol. The molecule has 0 aromatic heterocycles. The lowest BCUT2D eigenvalue weighted by atomic mass is 10.1. The summed E-state index contributed by atoms with van der Waals surface area (Å²) in [5.41, 5.74) is 0.956. The van der Waals surface area contributed by atoms with E-state index in [1.807, 2.05) is 30.3 Å². The van der Waals surface area contributed by atoms with Gasteiger partial charge in [-0.1, -0.05) is 30.3 Å². The van der Waals surface area contributed by atoms with Crippen molar-refractivity contribution in [2.75, 3.05) is 6.54 Å². The van der Waals surface area contributed by atoms with Gasteiger partial charge in [-0.2, -0.15) is 0 Å². The second-order valence-electron chi connectivity index (χ2n) is 3.71. The first-order valence-corrected chi connectivity index (χ1v) is 5.09. The Hall–Kier alpha value is -1.97. The summed E-state index contributed by atoms with van der Waals surface area (Å²) in [4.78, 5) is 35.1. The molecule has 0 bridgehead atoms. The first-order chi connectivity index (χ1) is 7.68. The lowest BCUT2D eigenvalue weighted by molar-refractivity contribution is -0.153. The highest BCUT2D eigenvalue weighted by molar-refractivity contribution is 6.64. The third-order valence-electron chi connectivity index (χ3n) is 2.56. The van der Waals surface area contributed by atoms with E-state index < -0.39 is 17.5 Å². The first-order valence-electron chi connectivity index (χ1n) is 5.09. The van der Waals surface area contributed by atoms with Gasteiger partial charge in [-0.05, 0) is 5.56 Å². The molecular weight excluding hydrogens is 206 g/mol. The Morgan fingerprint density at radius 3 is 2.44 bits per heavy atom. The van der Waals surface area contributed by atoms with Crippen LogP contribution in [0, 0.1) is 0 Å². The fourth-order valence-electron chi connectivity index (χ4n) is 1.67. The van der Waals surface area contributed by atoms with E-state index in [1.165, 1.54) is 4.90 Å². The fraction of sp³-hybridized carbons (Fsp3) is 0.250. The summed E-state index contributed by atoms with van der Waals surface area (Å²) in [7, 11) is 0. The largest absolute Gasteiger partial charge is 0.331 e. The van der Waals surface area contributed by atoms with Gasteiger partial charge in [0.15, 0.2) is 0 Å². The molecule has 1 heterocycles. The molecule has 4 nitrogen and oxygen atoms in total. The zero-order valence-corrected chi connectivity index (χ0v) is 8.68. The zero-order chi connectivity index (χ0) is 11.5. The van der Waals surface area contributed by atoms with Crippen molar-refractivity contribution in [2.24, 2.45) is 0 Å². The first kappa shape index (κ1) is 10.5. The summed E-state index contributed by atoms with van der Waals surface area (Å²) < 4.78 is 0. The number of carbonyl (C=O) groups excluding carboxylic acids is 3. The fourth-order valence-corrected chi connectivity index (χ4v) is 1.67. The number of ketones is 2. The van der Waals surface area contributed by atoms with Crippen LogP contribution in [0.15, 0.2) is 30.3 Å². The van der Waals surface area contributed by atoms with Gasteiger partial charge in [0.05, 0.1) is 0 Å². The van der Waals surface area contributed by atoms with Gasteiger partial charge in [0.25, 0.3) is 11.7 Å². The van der Waals surface area contributed by atoms with Gasteiger partial charge >= 0.3 is 0 Å². The monoisotopic (exact) mass is 217 g/mol. The van der Waals surface area contributed by atoms with Crippen LogP contribution in [-0.4, -0.2) is 28.9 Å². The van der Waals surface area contributed by atoms with Crippen molar-refractivity contribution in [1.82, 2.24) is 4.90 Å². The van der Waals surface area contributed by atoms with Crippen molar-refractivity contribution in [3.05, 3.63) is 35.9 Å². The second-order valence-corrected chi connectivity index (χ2v) is 3.71. The van der Waals surface area contributed by atoms with Crippen molar-refractivity contribution in [1.29, 1.82) is 0 Å². The molecular formula is C12H11NO3. The van der Waals surface area contributed by atoms with Crippen LogP contribution < -0.4 is 0 Å². The van der Waals surface area contributed by atoms with Crippen LogP contribution in [0.1, 0.15) is 12.0 Å². The van der Waals surface area contributed by atoms with Crippen molar-refractivity contribution in [3.8, 4) is 0 Å². The maximum atomic E-state index is 11.5. The quantitative estimate of drug-likeness (QED) is 0.680. The van der Waals surface area contributed by atoms with Gasteiger partial charge in [-0.3, -0.25) is 14.4 Å². The average Bonchev–Trinajstić information content (AvgIpc) is 2.31. The summed E-state index contributed by atoms with van der Waals surface area (Å²) in [6, 6.07) is 9.39. The van der Waals surface area contributed by atoms with Crippen LogP contribution >= 0.6 is 0 Å². The molecule has 4 heteroatoms. The molecule has 2 rings (SSSR count). The van der Waals surface area contributed by atoms with E-state index in [9.17, 15) is 14.4 Å². The summed E-state index contributed by atoms with van der Waals surface area (Å²) in [6.07, 6.45) is 0.136. The van der Waals surface area contributed by atoms with E-state index in [0.717, 1.165) is 5.56 Å². The van der Waals surface area contributed by atoms with Crippen LogP contribution in [-0.2, 0) is 20.9 Å². The minimum absolute atomic E-state index is 0.136. The number of hydrogen-bond donors (Lipinski definition) is 0. The van der Waals surface area contributed by atoms with E-state index in [0.29, 0.717) is 13.1 Å². The number of rotatable bonds is 2. The SMILES string of the molecule is O=C1CCN(Cc2ccccc2)C(=O)C1=O. The Bertz CT molecular complexity index is 439. The van der Waals surface area contributed by atoms with Crippen molar-refractivity contribution >= 4 is 17.5 Å². The predicted octanol–water partition coefficient (Wildman–Crippen LogP) is 0.557. The number of hydrogen-bond acceptors (Lipinski definition) is 3. The number of amides is 1. The number of piperidine rings is 1. The lowest BCUT2D eigenvalue weighted by Gasteiger charge is -2.24. The summed E-state index contributed by atoms with van der Waals surface area (Å²) in [5, 5.41) is 0. The molecule has 0 N–H and O–H groups in total. The molecule has 1 aromatic carbocycles. The molecule has 0 spiro atoms. The minimum Gasteiger partial charge on any atom is -0.331 e. The Kier molecular flexibility index (Phi) is 2.81. The van der Waals surface area contributed by atoms with E-state index >= 15 is 0 Å². The van der Waals surface area contributed by atoms with E-state index in [2.05, 4.69) is 0 Å². The number of carbonyl (C=O) groups is 3. The molecule has 0 saturated carbocycles. The molecule has 0 unspecified atom stereocenters. The third-order valence-corrected chi connectivity index (χ3v) is 2.56. The normalized spacial score (nSPS) is 16.8. The topological polar surface area (TPSA) is 54.5 Å². The molecule has 1 fully saturated rings. The van der Waals surface area contributed by atoms with Crippen molar-refractivity contribution < 1.29 is 14.4 Å². The van der Waals surface area contributed by atoms with Crippen LogP contribution in [0.4, 0.5) is 0 Å². The molecule has 1 saturated heterocycles. The summed E-state index contributed by atoms with van der Waals surface area (Å²) >= 11 is 0. The lowest BCUT2D eigenvalue weighted by Crippen LogP contribution is -2.45. The highest BCUT2D eigenvalue weighted by atomic mass is 16.2. The van der Waals surface area contributed by atoms with Gasteiger partial charge in [0.1, 0.15) is 0 Å². The Labute approximate surface area is 92.9 Å². The molecule has 0 aliphatic carbocycles. The number of likely N-dealkylation sites (tertiary alicyclic amines) is 1. The van der Waals surface area contributed by atoms with E-state index in [4.69, 9.17) is 0 Å². The van der Waals surface area contributed by atoms with E-state index in [-0.39, 0.29) is 6.42 Å². The number of Topliss-reactive ketones (excluding diaryl/α,β-unsaturated/α-hetero) is 2. The van der Waals surface area contributed by atoms with Crippen molar-refractivity contribution in [2.45, 2.75) is 13.0 Å². The van der Waals surface area contributed by atoms with Gasteiger partial charge in [0.2, 0.25) is 5.78 Å². The van der Waals surface area contributed by atoms with Gasteiger partial charge in [-0.25, -0.2) is 0 Å². The summed E-state index contributed by atoms with van der Waals surface area (Å²) in [6.45, 7) is 0.719. The molecule has 1 aromatic rings. The van der Waals surface area contributed by atoms with Gasteiger partial charge in [0, 0.05) is 19.5 Å². The minimum atomic E-state index is -0.887. The molecule has 1 aliphatic heterocycles. The van der Waals surface area contributed by atoms with Gasteiger partial charge in [-0.15, -0.1) is 0 Å². The highest BCUT2D eigenvalue weighted by Gasteiger charge is 2.32. The highest BCUT2D eigenvalue weighted by Crippen LogP contribution is 2.10. The number of benzene rings is 1. The Morgan fingerprint density at radius 1 is 1.06 bits per heavy atom. The van der Waals surface area contributed by atoms with Crippen LogP contribution in [0.25, 0.3) is 0 Å². The maximum absolute atomic E-state index is 11.5. The standard InChI is InChI=1S/C12H11NO3/c14-10-6-7-13(12(16)11(10)15)8-9-4-2-1-3-5-9/h1-5H,6-8H2. The molecule has 16 heavy (non-hydrogen) atoms. The molecule has 0 atom stereocenters. The Morgan fingerprint density at radius 2 is 1.75 bits per heavy atom. The zero-order valence-electron chi connectivity index (χ0n) is 8.68. The number of nitrogens with zero attached hydrogens (tertiary/aromatic N) is 1. The second kappa shape index (κ2) is 4.26. The smallest absolute Gasteiger partial charge is 0.298 e. The predicted molar refractivity (Wildman–Crippen MR) is 56.5 cm³/mol. The Balaban J connectivity index is 2.09.